The van der Waals surface area contributed by atoms with Gasteiger partial charge in [0, 0.05) is 12.3 Å². The van der Waals surface area contributed by atoms with Gasteiger partial charge in [0.15, 0.2) is 0 Å². The first-order valence-electron chi connectivity index (χ1n) is 1.94. The number of rotatable bonds is 0. The highest BCUT2D eigenvalue weighted by molar-refractivity contribution is 5.66. The van der Waals surface area contributed by atoms with E-state index in [0.717, 1.165) is 0 Å². The maximum absolute atomic E-state index is 3.54. The summed E-state index contributed by atoms with van der Waals surface area (Å²) in [6, 6.07) is 0. The summed E-state index contributed by atoms with van der Waals surface area (Å²) < 4.78 is 0. The Morgan fingerprint density at radius 3 is 3.57 bits per heavy atom. The minimum Gasteiger partial charge on any atom is -0.285 e. The van der Waals surface area contributed by atoms with Crippen LogP contribution in [0.2, 0.25) is 0 Å². The SMILES string of the molecule is [C]1=CC=CNN=[C]1. The number of hydrogen-bond acceptors (Lipinski definition) is 2. The summed E-state index contributed by atoms with van der Waals surface area (Å²) in [5, 5.41) is 3.54. The molecule has 7 heavy (non-hydrogen) atoms. The molecule has 2 heteroatoms. The van der Waals surface area contributed by atoms with Crippen LogP contribution in [0.4, 0.5) is 0 Å². The predicted octanol–water partition coefficient (Wildman–Crippen LogP) is 0.325. The van der Waals surface area contributed by atoms with E-state index in [4.69, 9.17) is 0 Å². The largest absolute Gasteiger partial charge is 0.285 e. The van der Waals surface area contributed by atoms with Gasteiger partial charge < -0.3 is 0 Å². The maximum Gasteiger partial charge on any atom is 0.119 e. The van der Waals surface area contributed by atoms with E-state index < -0.39 is 0 Å². The fourth-order valence-electron chi connectivity index (χ4n) is 0.278. The van der Waals surface area contributed by atoms with Gasteiger partial charge in [0.1, 0.15) is 6.21 Å². The van der Waals surface area contributed by atoms with Crippen molar-refractivity contribution in [2.75, 3.05) is 0 Å². The van der Waals surface area contributed by atoms with Gasteiger partial charge in [-0.1, -0.05) is 6.08 Å². The van der Waals surface area contributed by atoms with Crippen LogP contribution in [0.5, 0.6) is 0 Å². The molecule has 1 aliphatic heterocycles. The molecule has 0 saturated carbocycles. The van der Waals surface area contributed by atoms with E-state index in [1.807, 2.05) is 0 Å². The molecule has 0 saturated heterocycles. The van der Waals surface area contributed by atoms with Crippen LogP contribution in [0.1, 0.15) is 0 Å². The Morgan fingerprint density at radius 1 is 1.57 bits per heavy atom. The number of hydrogen-bond donors (Lipinski definition) is 1. The van der Waals surface area contributed by atoms with Crippen LogP contribution in [0.25, 0.3) is 0 Å². The lowest BCUT2D eigenvalue weighted by Gasteiger charge is -1.78. The zero-order valence-corrected chi connectivity index (χ0v) is 3.68. The van der Waals surface area contributed by atoms with Crippen LogP contribution in [-0.4, -0.2) is 6.21 Å². The van der Waals surface area contributed by atoms with Crippen LogP contribution in [0.15, 0.2) is 23.5 Å². The molecule has 0 aromatic rings. The molecule has 1 N–H and O–H groups in total. The van der Waals surface area contributed by atoms with Crippen molar-refractivity contribution in [3.8, 4) is 0 Å². The molecular weight excluding hydrogens is 88.1 g/mol. The quantitative estimate of drug-likeness (QED) is 0.457. The Hall–Kier alpha value is -1.05. The monoisotopic (exact) mass is 92.0 g/mol. The van der Waals surface area contributed by atoms with E-state index in [2.05, 4.69) is 22.8 Å². The molecule has 0 fully saturated rings. The third-order valence-electron chi connectivity index (χ3n) is 0.535. The summed E-state index contributed by atoms with van der Waals surface area (Å²) in [5.41, 5.74) is 2.59. The number of nitrogens with one attached hydrogen (secondary N) is 1. The standard InChI is InChI=1S/C5H4N2/c1-2-4-6-7-5-3-1/h1-2,4,6H. The van der Waals surface area contributed by atoms with E-state index in [1.54, 1.807) is 18.4 Å². The van der Waals surface area contributed by atoms with Crippen molar-refractivity contribution in [1.29, 1.82) is 0 Å². The lowest BCUT2D eigenvalue weighted by molar-refractivity contribution is 0.979. The molecule has 1 aliphatic rings. The summed E-state index contributed by atoms with van der Waals surface area (Å²) in [5.74, 6) is 0. The molecule has 0 aromatic heterocycles. The van der Waals surface area contributed by atoms with E-state index in [9.17, 15) is 0 Å². The van der Waals surface area contributed by atoms with E-state index >= 15 is 0 Å². The molecule has 0 bridgehead atoms. The molecule has 0 aromatic carbocycles. The van der Waals surface area contributed by atoms with Gasteiger partial charge in [-0.05, 0) is 6.08 Å². The third kappa shape index (κ3) is 1.22. The van der Waals surface area contributed by atoms with Crippen molar-refractivity contribution in [3.63, 3.8) is 0 Å². The highest BCUT2D eigenvalue weighted by Gasteiger charge is 1.70. The molecule has 0 amide bonds. The zero-order chi connectivity index (χ0) is 4.95. The van der Waals surface area contributed by atoms with Crippen molar-refractivity contribution < 1.29 is 0 Å². The van der Waals surface area contributed by atoms with Gasteiger partial charge in [-0.15, -0.1) is 0 Å². The molecular formula is C5H4N2. The second-order valence-electron chi connectivity index (χ2n) is 1.02. The van der Waals surface area contributed by atoms with Crippen molar-refractivity contribution in [2.45, 2.75) is 0 Å². The summed E-state index contributed by atoms with van der Waals surface area (Å²) >= 11 is 0. The second-order valence-corrected chi connectivity index (χ2v) is 1.02. The molecule has 1 heterocycles. The topological polar surface area (TPSA) is 24.4 Å². The Labute approximate surface area is 42.2 Å². The molecule has 34 valence electrons. The average molecular weight is 92.1 g/mol. The third-order valence-corrected chi connectivity index (χ3v) is 0.535. The average Bonchev–Trinajstić information content (AvgIpc) is 1.90. The molecule has 1 rings (SSSR count). The smallest absolute Gasteiger partial charge is 0.119 e. The highest BCUT2D eigenvalue weighted by atomic mass is 15.3. The normalized spacial score (nSPS) is 16.0. The van der Waals surface area contributed by atoms with Gasteiger partial charge >= 0.3 is 0 Å². The Bertz CT molecular complexity index is 108. The Kier molecular flexibility index (Phi) is 1.28. The first-order valence-corrected chi connectivity index (χ1v) is 1.94. The van der Waals surface area contributed by atoms with E-state index in [0.29, 0.717) is 0 Å². The van der Waals surface area contributed by atoms with E-state index in [-0.39, 0.29) is 0 Å². The van der Waals surface area contributed by atoms with Gasteiger partial charge in [0.05, 0.1) is 0 Å². The fourth-order valence-corrected chi connectivity index (χ4v) is 0.278. The van der Waals surface area contributed by atoms with Crippen LogP contribution in [0.3, 0.4) is 0 Å². The van der Waals surface area contributed by atoms with Crippen molar-refractivity contribution in [1.82, 2.24) is 5.43 Å². The zero-order valence-electron chi connectivity index (χ0n) is 3.68. The minimum absolute atomic E-state index is 1.70. The molecule has 2 radical (unpaired) electrons. The first kappa shape index (κ1) is 4.12. The van der Waals surface area contributed by atoms with Gasteiger partial charge in [0.25, 0.3) is 0 Å². The van der Waals surface area contributed by atoms with Crippen LogP contribution in [0, 0.1) is 6.08 Å². The lowest BCUT2D eigenvalue weighted by atomic mass is 10.5. The lowest BCUT2D eigenvalue weighted by Crippen LogP contribution is -1.89. The second kappa shape index (κ2) is 2.18. The predicted molar refractivity (Wildman–Crippen MR) is 27.5 cm³/mol. The first-order chi connectivity index (χ1) is 3.50. The summed E-state index contributed by atoms with van der Waals surface area (Å²) in [6.45, 7) is 0. The minimum atomic E-state index is 1.70. The Morgan fingerprint density at radius 2 is 2.57 bits per heavy atom. The molecule has 0 unspecified atom stereocenters. The molecule has 0 aliphatic carbocycles. The van der Waals surface area contributed by atoms with Gasteiger partial charge in [0.2, 0.25) is 0 Å². The van der Waals surface area contributed by atoms with Crippen LogP contribution < -0.4 is 5.43 Å². The molecule has 2 nitrogen and oxygen atoms in total. The summed E-state index contributed by atoms with van der Waals surface area (Å²) in [4.78, 5) is 0. The van der Waals surface area contributed by atoms with E-state index in [1.165, 1.54) is 0 Å². The van der Waals surface area contributed by atoms with Gasteiger partial charge in [-0.2, -0.15) is 5.10 Å². The van der Waals surface area contributed by atoms with Gasteiger partial charge in [-0.3, -0.25) is 5.43 Å². The maximum atomic E-state index is 3.54. The Balaban J connectivity index is 2.60. The molecule has 0 atom stereocenters. The summed E-state index contributed by atoms with van der Waals surface area (Å²) in [6.07, 6.45) is 10.4. The van der Waals surface area contributed by atoms with Gasteiger partial charge in [-0.25, -0.2) is 0 Å². The summed E-state index contributed by atoms with van der Waals surface area (Å²) in [7, 11) is 0. The number of nitrogens with zero attached hydrogens (tertiary/aromatic N) is 1. The van der Waals surface area contributed by atoms with Crippen molar-refractivity contribution in [3.05, 3.63) is 24.4 Å². The number of hydrazone groups is 1. The van der Waals surface area contributed by atoms with Crippen molar-refractivity contribution >= 4 is 6.21 Å². The highest BCUT2D eigenvalue weighted by Crippen LogP contribution is 1.75. The number of allylic oxidation sites excluding steroid dienone is 3. The van der Waals surface area contributed by atoms with Crippen LogP contribution >= 0.6 is 0 Å². The fraction of sp³-hybridized carbons (Fsp3) is 0. The molecule has 0 spiro atoms. The van der Waals surface area contributed by atoms with Crippen LogP contribution in [-0.2, 0) is 0 Å². The van der Waals surface area contributed by atoms with Crippen molar-refractivity contribution in [2.24, 2.45) is 5.10 Å².